The van der Waals surface area contributed by atoms with Crippen molar-refractivity contribution in [2.24, 2.45) is 0 Å². The van der Waals surface area contributed by atoms with Crippen LogP contribution < -0.4 is 5.32 Å². The zero-order valence-corrected chi connectivity index (χ0v) is 13.8. The molecule has 0 saturated carbocycles. The molecule has 1 aromatic heterocycles. The molecule has 6 nitrogen and oxygen atoms in total. The molecule has 1 saturated heterocycles. The molecule has 0 aliphatic carbocycles. The second kappa shape index (κ2) is 7.09. The average Bonchev–Trinajstić information content (AvgIpc) is 2.49. The molecule has 21 heavy (non-hydrogen) atoms. The first-order valence-corrected chi connectivity index (χ1v) is 7.63. The molecule has 0 aromatic carbocycles. The van der Waals surface area contributed by atoms with Gasteiger partial charge in [-0.15, -0.1) is 0 Å². The molecule has 0 atom stereocenters. The van der Waals surface area contributed by atoms with Crippen molar-refractivity contribution < 1.29 is 14.3 Å². The largest absolute Gasteiger partial charge is 0.453 e. The van der Waals surface area contributed by atoms with Gasteiger partial charge in [-0.3, -0.25) is 4.79 Å². The van der Waals surface area contributed by atoms with Gasteiger partial charge in [-0.05, 0) is 34.8 Å². The lowest BCUT2D eigenvalue weighted by Crippen LogP contribution is -2.46. The lowest BCUT2D eigenvalue weighted by molar-refractivity contribution is 0.0892. The summed E-state index contributed by atoms with van der Waals surface area (Å²) in [5.41, 5.74) is 0.335. The molecule has 2 rings (SSSR count). The summed E-state index contributed by atoms with van der Waals surface area (Å²) in [4.78, 5) is 29.1. The monoisotopic (exact) mass is 375 g/mol. The molecular formula is C13H15BrClN3O3. The van der Waals surface area contributed by atoms with Gasteiger partial charge in [0.15, 0.2) is 0 Å². The van der Waals surface area contributed by atoms with Crippen LogP contribution in [0.2, 0.25) is 5.15 Å². The third-order valence-electron chi connectivity index (χ3n) is 3.31. The Bertz CT molecular complexity index is 547. The quantitative estimate of drug-likeness (QED) is 0.805. The van der Waals surface area contributed by atoms with E-state index in [4.69, 9.17) is 11.6 Å². The van der Waals surface area contributed by atoms with Crippen molar-refractivity contribution in [3.05, 3.63) is 27.5 Å². The molecule has 114 valence electrons. The first kappa shape index (κ1) is 16.0. The van der Waals surface area contributed by atoms with E-state index in [2.05, 4.69) is 31.0 Å². The van der Waals surface area contributed by atoms with Crippen LogP contribution in [-0.4, -0.2) is 48.1 Å². The zero-order valence-electron chi connectivity index (χ0n) is 11.4. The minimum absolute atomic E-state index is 0.00783. The van der Waals surface area contributed by atoms with Gasteiger partial charge < -0.3 is 15.0 Å². The Hall–Kier alpha value is -1.34. The number of hydrogen-bond acceptors (Lipinski definition) is 4. The molecule has 1 aliphatic rings. The van der Waals surface area contributed by atoms with Crippen molar-refractivity contribution in [1.82, 2.24) is 15.2 Å². The summed E-state index contributed by atoms with van der Waals surface area (Å²) in [6.07, 6.45) is 2.56. The van der Waals surface area contributed by atoms with Crippen LogP contribution in [-0.2, 0) is 4.74 Å². The van der Waals surface area contributed by atoms with E-state index >= 15 is 0 Å². The number of pyridine rings is 1. The highest BCUT2D eigenvalue weighted by atomic mass is 79.9. The Balaban J connectivity index is 1.93. The van der Waals surface area contributed by atoms with Crippen LogP contribution in [0.4, 0.5) is 4.79 Å². The van der Waals surface area contributed by atoms with E-state index in [1.165, 1.54) is 13.3 Å². The number of rotatable bonds is 2. The molecule has 0 unspecified atom stereocenters. The lowest BCUT2D eigenvalue weighted by Gasteiger charge is -2.31. The minimum Gasteiger partial charge on any atom is -0.453 e. The second-order valence-corrected chi connectivity index (χ2v) is 5.97. The number of carbonyl (C=O) groups excluding carboxylic acids is 2. The molecule has 2 heterocycles. The Morgan fingerprint density at radius 2 is 2.14 bits per heavy atom. The molecule has 0 radical (unpaired) electrons. The average molecular weight is 377 g/mol. The molecule has 1 N–H and O–H groups in total. The van der Waals surface area contributed by atoms with E-state index in [0.717, 1.165) is 0 Å². The Kier molecular flexibility index (Phi) is 5.41. The van der Waals surface area contributed by atoms with E-state index in [1.807, 2.05) is 0 Å². The highest BCUT2D eigenvalue weighted by Gasteiger charge is 2.25. The molecular weight excluding hydrogens is 362 g/mol. The highest BCUT2D eigenvalue weighted by Crippen LogP contribution is 2.19. The number of likely N-dealkylation sites (tertiary alicyclic amines) is 1. The molecule has 2 amide bonds. The standard InChI is InChI=1S/C13H15BrClN3O3/c1-21-13(20)18-4-2-9(3-5-18)17-12(19)10-6-8(14)7-16-11(10)15/h6-7,9H,2-5H2,1H3,(H,17,19). The van der Waals surface area contributed by atoms with Crippen LogP contribution in [0.25, 0.3) is 0 Å². The van der Waals surface area contributed by atoms with Gasteiger partial charge in [0.25, 0.3) is 5.91 Å². The van der Waals surface area contributed by atoms with Gasteiger partial charge in [-0.1, -0.05) is 11.6 Å². The van der Waals surface area contributed by atoms with E-state index < -0.39 is 0 Å². The van der Waals surface area contributed by atoms with Gasteiger partial charge in [-0.25, -0.2) is 9.78 Å². The molecule has 1 fully saturated rings. The van der Waals surface area contributed by atoms with Gasteiger partial charge in [0.1, 0.15) is 5.15 Å². The lowest BCUT2D eigenvalue weighted by atomic mass is 10.0. The Morgan fingerprint density at radius 1 is 1.48 bits per heavy atom. The number of aromatic nitrogens is 1. The minimum atomic E-state index is -0.334. The number of carbonyl (C=O) groups is 2. The smallest absolute Gasteiger partial charge is 0.409 e. The van der Waals surface area contributed by atoms with Gasteiger partial charge >= 0.3 is 6.09 Å². The van der Waals surface area contributed by atoms with Gasteiger partial charge in [0.05, 0.1) is 12.7 Å². The van der Waals surface area contributed by atoms with Crippen molar-refractivity contribution in [2.75, 3.05) is 20.2 Å². The predicted octanol–water partition coefficient (Wildman–Crippen LogP) is 2.46. The number of ether oxygens (including phenoxy) is 1. The number of methoxy groups -OCH3 is 1. The summed E-state index contributed by atoms with van der Waals surface area (Å²) >= 11 is 9.19. The maximum atomic E-state index is 12.2. The molecule has 1 aromatic rings. The van der Waals surface area contributed by atoms with E-state index in [0.29, 0.717) is 36.0 Å². The van der Waals surface area contributed by atoms with Crippen molar-refractivity contribution in [3.8, 4) is 0 Å². The molecule has 0 bridgehead atoms. The van der Waals surface area contributed by atoms with Crippen LogP contribution in [0.1, 0.15) is 23.2 Å². The Labute approximate surface area is 135 Å². The van der Waals surface area contributed by atoms with Crippen LogP contribution in [0, 0.1) is 0 Å². The number of halogens is 2. The maximum Gasteiger partial charge on any atom is 0.409 e. The number of amides is 2. The SMILES string of the molecule is COC(=O)N1CCC(NC(=O)c2cc(Br)cnc2Cl)CC1. The summed E-state index contributed by atoms with van der Waals surface area (Å²) in [6, 6.07) is 1.64. The fraction of sp³-hybridized carbons (Fsp3) is 0.462. The molecule has 0 spiro atoms. The van der Waals surface area contributed by atoms with Crippen molar-refractivity contribution in [1.29, 1.82) is 0 Å². The number of nitrogens with zero attached hydrogens (tertiary/aromatic N) is 2. The Morgan fingerprint density at radius 3 is 2.76 bits per heavy atom. The van der Waals surface area contributed by atoms with E-state index in [-0.39, 0.29) is 23.2 Å². The third kappa shape index (κ3) is 4.07. The summed E-state index contributed by atoms with van der Waals surface area (Å²) in [6.45, 7) is 1.12. The fourth-order valence-corrected chi connectivity index (χ4v) is 2.70. The van der Waals surface area contributed by atoms with E-state index in [1.54, 1.807) is 11.0 Å². The summed E-state index contributed by atoms with van der Waals surface area (Å²) < 4.78 is 5.37. The van der Waals surface area contributed by atoms with Crippen LogP contribution >= 0.6 is 27.5 Å². The van der Waals surface area contributed by atoms with Gasteiger partial charge in [-0.2, -0.15) is 0 Å². The first-order chi connectivity index (χ1) is 10.0. The summed E-state index contributed by atoms with van der Waals surface area (Å²) in [7, 11) is 1.36. The maximum absolute atomic E-state index is 12.2. The second-order valence-electron chi connectivity index (χ2n) is 4.70. The number of piperidine rings is 1. The predicted molar refractivity (Wildman–Crippen MR) is 81.4 cm³/mol. The van der Waals surface area contributed by atoms with Gasteiger partial charge in [0, 0.05) is 29.8 Å². The van der Waals surface area contributed by atoms with Crippen LogP contribution in [0.3, 0.4) is 0 Å². The number of hydrogen-bond donors (Lipinski definition) is 1. The highest BCUT2D eigenvalue weighted by molar-refractivity contribution is 9.10. The number of nitrogens with one attached hydrogen (secondary N) is 1. The fourth-order valence-electron chi connectivity index (χ4n) is 2.18. The molecule has 8 heteroatoms. The van der Waals surface area contributed by atoms with Crippen LogP contribution in [0.5, 0.6) is 0 Å². The van der Waals surface area contributed by atoms with Gasteiger partial charge in [0.2, 0.25) is 0 Å². The van der Waals surface area contributed by atoms with E-state index in [9.17, 15) is 9.59 Å². The van der Waals surface area contributed by atoms with Crippen molar-refractivity contribution in [3.63, 3.8) is 0 Å². The summed E-state index contributed by atoms with van der Waals surface area (Å²) in [5.74, 6) is -0.259. The van der Waals surface area contributed by atoms with Crippen LogP contribution in [0.15, 0.2) is 16.7 Å². The zero-order chi connectivity index (χ0) is 15.4. The van der Waals surface area contributed by atoms with Crippen molar-refractivity contribution >= 4 is 39.5 Å². The normalized spacial score (nSPS) is 15.7. The summed E-state index contributed by atoms with van der Waals surface area (Å²) in [5, 5.41) is 3.09. The molecule has 1 aliphatic heterocycles. The first-order valence-electron chi connectivity index (χ1n) is 6.46. The topological polar surface area (TPSA) is 71.5 Å². The third-order valence-corrected chi connectivity index (χ3v) is 4.05. The van der Waals surface area contributed by atoms with Crippen molar-refractivity contribution in [2.45, 2.75) is 18.9 Å².